The fourth-order valence-corrected chi connectivity index (χ4v) is 1.36. The van der Waals surface area contributed by atoms with Crippen molar-refractivity contribution in [2.45, 2.75) is 12.8 Å². The van der Waals surface area contributed by atoms with Gasteiger partial charge in [0, 0.05) is 19.0 Å². The summed E-state index contributed by atoms with van der Waals surface area (Å²) in [5.41, 5.74) is 1.00. The molecule has 2 rings (SSSR count). The number of rotatable bonds is 1. The van der Waals surface area contributed by atoms with Crippen molar-refractivity contribution < 1.29 is 4.79 Å². The van der Waals surface area contributed by atoms with E-state index in [-0.39, 0.29) is 5.78 Å². The monoisotopic (exact) mass is 163 g/mol. The molecule has 0 aromatic carbocycles. The van der Waals surface area contributed by atoms with E-state index in [0.717, 1.165) is 17.8 Å². The summed E-state index contributed by atoms with van der Waals surface area (Å²) in [4.78, 5) is 15.0. The Morgan fingerprint density at radius 2 is 2.33 bits per heavy atom. The fourth-order valence-electron chi connectivity index (χ4n) is 1.36. The molecule has 0 fully saturated rings. The van der Waals surface area contributed by atoms with Gasteiger partial charge in [0.25, 0.3) is 0 Å². The van der Waals surface area contributed by atoms with Crippen LogP contribution < -0.4 is 0 Å². The molecule has 1 aliphatic rings. The van der Waals surface area contributed by atoms with Gasteiger partial charge in [-0.1, -0.05) is 0 Å². The van der Waals surface area contributed by atoms with Crippen LogP contribution >= 0.6 is 0 Å². The van der Waals surface area contributed by atoms with E-state index in [1.54, 1.807) is 10.8 Å². The van der Waals surface area contributed by atoms with Crippen molar-refractivity contribution in [2.75, 3.05) is 0 Å². The maximum absolute atomic E-state index is 10.9. The van der Waals surface area contributed by atoms with Crippen LogP contribution in [0, 0.1) is 0 Å². The number of carbonyl (C=O) groups is 1. The molecule has 0 bridgehead atoms. The Balaban J connectivity index is 2.38. The van der Waals surface area contributed by atoms with Gasteiger partial charge in [0.15, 0.2) is 11.6 Å². The molecule has 1 aromatic heterocycles. The summed E-state index contributed by atoms with van der Waals surface area (Å²) in [5, 5.41) is 3.94. The summed E-state index contributed by atoms with van der Waals surface area (Å²) < 4.78 is 1.68. The van der Waals surface area contributed by atoms with E-state index in [1.807, 2.05) is 7.05 Å². The molecule has 12 heavy (non-hydrogen) atoms. The van der Waals surface area contributed by atoms with Crippen LogP contribution in [0.1, 0.15) is 18.7 Å². The Labute approximate surface area is 69.9 Å². The first-order valence-corrected chi connectivity index (χ1v) is 3.85. The van der Waals surface area contributed by atoms with Crippen LogP contribution in [-0.4, -0.2) is 20.5 Å². The SMILES string of the molecule is Cn1ncnc1C1=CC(=O)CC1. The first-order valence-electron chi connectivity index (χ1n) is 3.85. The lowest BCUT2D eigenvalue weighted by Gasteiger charge is -1.97. The van der Waals surface area contributed by atoms with Crippen molar-refractivity contribution in [1.82, 2.24) is 14.8 Å². The van der Waals surface area contributed by atoms with Gasteiger partial charge in [0.05, 0.1) is 0 Å². The Morgan fingerprint density at radius 3 is 2.83 bits per heavy atom. The molecule has 0 atom stereocenters. The van der Waals surface area contributed by atoms with Gasteiger partial charge in [0.2, 0.25) is 0 Å². The summed E-state index contributed by atoms with van der Waals surface area (Å²) >= 11 is 0. The molecule has 1 aromatic rings. The molecule has 4 nitrogen and oxygen atoms in total. The van der Waals surface area contributed by atoms with E-state index in [4.69, 9.17) is 0 Å². The van der Waals surface area contributed by atoms with Gasteiger partial charge in [-0.2, -0.15) is 5.10 Å². The van der Waals surface area contributed by atoms with Crippen LogP contribution in [-0.2, 0) is 11.8 Å². The van der Waals surface area contributed by atoms with E-state index >= 15 is 0 Å². The second-order valence-electron chi connectivity index (χ2n) is 2.84. The molecule has 0 radical (unpaired) electrons. The zero-order valence-corrected chi connectivity index (χ0v) is 6.82. The summed E-state index contributed by atoms with van der Waals surface area (Å²) in [7, 11) is 1.83. The summed E-state index contributed by atoms with van der Waals surface area (Å²) in [6.45, 7) is 0. The zero-order chi connectivity index (χ0) is 8.55. The van der Waals surface area contributed by atoms with E-state index in [9.17, 15) is 4.79 Å². The lowest BCUT2D eigenvalue weighted by Crippen LogP contribution is -1.97. The average Bonchev–Trinajstić information content (AvgIpc) is 2.58. The van der Waals surface area contributed by atoms with Crippen molar-refractivity contribution in [3.63, 3.8) is 0 Å². The third-order valence-electron chi connectivity index (χ3n) is 1.97. The molecule has 0 N–H and O–H groups in total. The highest BCUT2D eigenvalue weighted by Gasteiger charge is 2.16. The molecule has 0 saturated carbocycles. The van der Waals surface area contributed by atoms with Gasteiger partial charge in [-0.25, -0.2) is 9.67 Å². The van der Waals surface area contributed by atoms with Crippen molar-refractivity contribution in [2.24, 2.45) is 7.05 Å². The highest BCUT2D eigenvalue weighted by Crippen LogP contribution is 2.22. The molecule has 62 valence electrons. The summed E-state index contributed by atoms with van der Waals surface area (Å²) in [5.74, 6) is 0.994. The minimum atomic E-state index is 0.188. The number of nitrogens with zero attached hydrogens (tertiary/aromatic N) is 3. The third kappa shape index (κ3) is 1.05. The van der Waals surface area contributed by atoms with Gasteiger partial charge < -0.3 is 0 Å². The van der Waals surface area contributed by atoms with Gasteiger partial charge in [-0.15, -0.1) is 0 Å². The van der Waals surface area contributed by atoms with E-state index in [1.165, 1.54) is 6.33 Å². The maximum atomic E-state index is 10.9. The second-order valence-corrected chi connectivity index (χ2v) is 2.84. The predicted molar refractivity (Wildman–Crippen MR) is 43.2 cm³/mol. The van der Waals surface area contributed by atoms with Crippen molar-refractivity contribution >= 4 is 11.4 Å². The first kappa shape index (κ1) is 7.21. The van der Waals surface area contributed by atoms with Crippen LogP contribution in [0.5, 0.6) is 0 Å². The highest BCUT2D eigenvalue weighted by atomic mass is 16.1. The van der Waals surface area contributed by atoms with Crippen LogP contribution in [0.3, 0.4) is 0 Å². The predicted octanol–water partition coefficient (Wildman–Crippen LogP) is 0.561. The first-order chi connectivity index (χ1) is 5.77. The van der Waals surface area contributed by atoms with Crippen LogP contribution in [0.4, 0.5) is 0 Å². The van der Waals surface area contributed by atoms with Crippen LogP contribution in [0.25, 0.3) is 5.57 Å². The number of carbonyl (C=O) groups excluding carboxylic acids is 1. The zero-order valence-electron chi connectivity index (χ0n) is 6.82. The number of allylic oxidation sites excluding steroid dienone is 2. The Bertz CT molecular complexity index is 351. The summed E-state index contributed by atoms with van der Waals surface area (Å²) in [6.07, 6.45) is 4.57. The largest absolute Gasteiger partial charge is 0.295 e. The second kappa shape index (κ2) is 2.55. The standard InChI is InChI=1S/C8H9N3O/c1-11-8(9-5-10-11)6-2-3-7(12)4-6/h4-5H,2-3H2,1H3. The molecule has 1 aliphatic carbocycles. The van der Waals surface area contributed by atoms with Crippen molar-refractivity contribution in [3.05, 3.63) is 18.2 Å². The van der Waals surface area contributed by atoms with Gasteiger partial charge in [-0.05, 0) is 12.5 Å². The molecule has 0 spiro atoms. The lowest BCUT2D eigenvalue weighted by atomic mass is 10.2. The van der Waals surface area contributed by atoms with Crippen molar-refractivity contribution in [3.8, 4) is 0 Å². The molecule has 0 saturated heterocycles. The number of ketones is 1. The number of hydrogen-bond donors (Lipinski definition) is 0. The average molecular weight is 163 g/mol. The Kier molecular flexibility index (Phi) is 1.53. The fraction of sp³-hybridized carbons (Fsp3) is 0.375. The van der Waals surface area contributed by atoms with Gasteiger partial charge in [-0.3, -0.25) is 4.79 Å². The molecule has 0 aliphatic heterocycles. The molecule has 4 heteroatoms. The quantitative estimate of drug-likeness (QED) is 0.607. The Morgan fingerprint density at radius 1 is 1.50 bits per heavy atom. The Hall–Kier alpha value is -1.45. The van der Waals surface area contributed by atoms with Crippen LogP contribution in [0.2, 0.25) is 0 Å². The van der Waals surface area contributed by atoms with E-state index in [2.05, 4.69) is 10.1 Å². The molecular weight excluding hydrogens is 154 g/mol. The van der Waals surface area contributed by atoms with Gasteiger partial charge in [0.1, 0.15) is 6.33 Å². The smallest absolute Gasteiger partial charge is 0.156 e. The minimum Gasteiger partial charge on any atom is -0.295 e. The van der Waals surface area contributed by atoms with Crippen LogP contribution in [0.15, 0.2) is 12.4 Å². The molecule has 0 unspecified atom stereocenters. The molecule has 0 amide bonds. The minimum absolute atomic E-state index is 0.188. The van der Waals surface area contributed by atoms with E-state index < -0.39 is 0 Å². The van der Waals surface area contributed by atoms with Crippen molar-refractivity contribution in [1.29, 1.82) is 0 Å². The normalized spacial score (nSPS) is 16.8. The number of hydrogen-bond acceptors (Lipinski definition) is 3. The lowest BCUT2D eigenvalue weighted by molar-refractivity contribution is -0.114. The topological polar surface area (TPSA) is 47.8 Å². The molecule has 1 heterocycles. The number of aryl methyl sites for hydroxylation is 1. The maximum Gasteiger partial charge on any atom is 0.156 e. The van der Waals surface area contributed by atoms with Gasteiger partial charge >= 0.3 is 0 Å². The van der Waals surface area contributed by atoms with E-state index in [0.29, 0.717) is 6.42 Å². The third-order valence-corrected chi connectivity index (χ3v) is 1.97. The number of aromatic nitrogens is 3. The molecular formula is C8H9N3O. The summed E-state index contributed by atoms with van der Waals surface area (Å²) in [6, 6.07) is 0. The highest BCUT2D eigenvalue weighted by molar-refractivity contribution is 6.00.